The van der Waals surface area contributed by atoms with Gasteiger partial charge in [-0.2, -0.15) is 0 Å². The highest BCUT2D eigenvalue weighted by atomic mass is 16.5. The molecular weight excluding hydrogens is 294 g/mol. The molecule has 0 radical (unpaired) electrons. The van der Waals surface area contributed by atoms with Crippen LogP contribution in [0.4, 0.5) is 0 Å². The lowest BCUT2D eigenvalue weighted by molar-refractivity contribution is -0.123. The largest absolute Gasteiger partial charge is 0.497 e. The van der Waals surface area contributed by atoms with Crippen LogP contribution in [0.15, 0.2) is 48.5 Å². The molecule has 0 unspecified atom stereocenters. The highest BCUT2D eigenvalue weighted by Crippen LogP contribution is 2.16. The van der Waals surface area contributed by atoms with Crippen LogP contribution in [-0.4, -0.2) is 32.8 Å². The molecule has 0 spiro atoms. The second-order valence-electron chi connectivity index (χ2n) is 4.98. The standard InChI is InChI=1S/C18H21NO4/c1-14-3-5-17(6-4-14)23-13-18(20)19-11-12-22-16-9-7-15(21-2)8-10-16/h3-10H,11-13H2,1-2H3,(H,19,20). The van der Waals surface area contributed by atoms with Crippen molar-refractivity contribution in [1.29, 1.82) is 0 Å². The third kappa shape index (κ3) is 5.90. The van der Waals surface area contributed by atoms with Gasteiger partial charge < -0.3 is 19.5 Å². The maximum Gasteiger partial charge on any atom is 0.258 e. The molecule has 2 aromatic rings. The average Bonchev–Trinajstić information content (AvgIpc) is 2.59. The minimum Gasteiger partial charge on any atom is -0.497 e. The number of rotatable bonds is 8. The van der Waals surface area contributed by atoms with Gasteiger partial charge >= 0.3 is 0 Å². The third-order valence-corrected chi connectivity index (χ3v) is 3.14. The van der Waals surface area contributed by atoms with Crippen LogP contribution in [0.25, 0.3) is 0 Å². The molecule has 0 aromatic heterocycles. The molecule has 23 heavy (non-hydrogen) atoms. The van der Waals surface area contributed by atoms with Crippen LogP contribution in [0.5, 0.6) is 17.2 Å². The van der Waals surface area contributed by atoms with Crippen LogP contribution in [0.3, 0.4) is 0 Å². The van der Waals surface area contributed by atoms with Gasteiger partial charge in [-0.1, -0.05) is 17.7 Å². The maximum absolute atomic E-state index is 11.7. The summed E-state index contributed by atoms with van der Waals surface area (Å²) in [5.41, 5.74) is 1.15. The molecule has 0 heterocycles. The van der Waals surface area contributed by atoms with Crippen LogP contribution in [0.2, 0.25) is 0 Å². The van der Waals surface area contributed by atoms with Crippen molar-refractivity contribution in [2.75, 3.05) is 26.9 Å². The Kier molecular flexibility index (Phi) is 6.29. The van der Waals surface area contributed by atoms with Crippen molar-refractivity contribution in [2.24, 2.45) is 0 Å². The lowest BCUT2D eigenvalue weighted by Crippen LogP contribution is -2.32. The fourth-order valence-corrected chi connectivity index (χ4v) is 1.87. The average molecular weight is 315 g/mol. The predicted octanol–water partition coefficient (Wildman–Crippen LogP) is 2.58. The van der Waals surface area contributed by atoms with Gasteiger partial charge in [-0.3, -0.25) is 4.79 Å². The highest BCUT2D eigenvalue weighted by Gasteiger charge is 2.02. The Hall–Kier alpha value is -2.69. The zero-order valence-electron chi connectivity index (χ0n) is 13.4. The van der Waals surface area contributed by atoms with Gasteiger partial charge in [-0.05, 0) is 43.3 Å². The molecule has 2 aromatic carbocycles. The van der Waals surface area contributed by atoms with Crippen molar-refractivity contribution in [2.45, 2.75) is 6.92 Å². The second kappa shape index (κ2) is 8.68. The molecule has 0 aliphatic carbocycles. The topological polar surface area (TPSA) is 56.8 Å². The molecule has 0 saturated heterocycles. The van der Waals surface area contributed by atoms with E-state index in [-0.39, 0.29) is 12.5 Å². The summed E-state index contributed by atoms with van der Waals surface area (Å²) < 4.78 is 16.0. The first-order valence-electron chi connectivity index (χ1n) is 7.40. The molecule has 0 bridgehead atoms. The summed E-state index contributed by atoms with van der Waals surface area (Å²) >= 11 is 0. The Morgan fingerprint density at radius 2 is 1.48 bits per heavy atom. The Morgan fingerprint density at radius 3 is 2.13 bits per heavy atom. The second-order valence-corrected chi connectivity index (χ2v) is 4.98. The van der Waals surface area contributed by atoms with Crippen molar-refractivity contribution in [3.63, 3.8) is 0 Å². The van der Waals surface area contributed by atoms with Gasteiger partial charge in [0.05, 0.1) is 13.7 Å². The van der Waals surface area contributed by atoms with Crippen molar-refractivity contribution in [1.82, 2.24) is 5.32 Å². The predicted molar refractivity (Wildman–Crippen MR) is 88.2 cm³/mol. The van der Waals surface area contributed by atoms with E-state index in [4.69, 9.17) is 14.2 Å². The van der Waals surface area contributed by atoms with E-state index in [1.54, 1.807) is 7.11 Å². The minimum absolute atomic E-state index is 0.00834. The van der Waals surface area contributed by atoms with E-state index in [1.165, 1.54) is 0 Å². The molecule has 0 fully saturated rings. The van der Waals surface area contributed by atoms with Gasteiger partial charge in [-0.15, -0.1) is 0 Å². The molecule has 1 N–H and O–H groups in total. The number of benzene rings is 2. The van der Waals surface area contributed by atoms with E-state index in [0.717, 1.165) is 17.1 Å². The maximum atomic E-state index is 11.7. The number of hydrogen-bond donors (Lipinski definition) is 1. The quantitative estimate of drug-likeness (QED) is 0.761. The zero-order chi connectivity index (χ0) is 16.5. The molecule has 0 saturated carbocycles. The summed E-state index contributed by atoms with van der Waals surface area (Å²) in [6.45, 7) is 2.80. The number of amides is 1. The first kappa shape index (κ1) is 16.7. The number of methoxy groups -OCH3 is 1. The Bertz CT molecular complexity index is 608. The fraction of sp³-hybridized carbons (Fsp3) is 0.278. The van der Waals surface area contributed by atoms with Gasteiger partial charge in [0.2, 0.25) is 0 Å². The molecule has 2 rings (SSSR count). The van der Waals surface area contributed by atoms with E-state index in [0.29, 0.717) is 18.9 Å². The van der Waals surface area contributed by atoms with Gasteiger partial charge in [-0.25, -0.2) is 0 Å². The number of nitrogens with one attached hydrogen (secondary N) is 1. The molecule has 122 valence electrons. The summed E-state index contributed by atoms with van der Waals surface area (Å²) in [4.78, 5) is 11.7. The van der Waals surface area contributed by atoms with Crippen molar-refractivity contribution < 1.29 is 19.0 Å². The van der Waals surface area contributed by atoms with E-state index in [1.807, 2.05) is 55.5 Å². The highest BCUT2D eigenvalue weighted by molar-refractivity contribution is 5.77. The number of aryl methyl sites for hydroxylation is 1. The fourth-order valence-electron chi connectivity index (χ4n) is 1.87. The number of carbonyl (C=O) groups is 1. The van der Waals surface area contributed by atoms with E-state index in [2.05, 4.69) is 5.32 Å². The summed E-state index contributed by atoms with van der Waals surface area (Å²) in [6, 6.07) is 14.9. The Labute approximate surface area is 136 Å². The van der Waals surface area contributed by atoms with Gasteiger partial charge in [0.1, 0.15) is 23.9 Å². The molecule has 0 aliphatic rings. The van der Waals surface area contributed by atoms with E-state index in [9.17, 15) is 4.79 Å². The minimum atomic E-state index is -0.177. The zero-order valence-corrected chi connectivity index (χ0v) is 13.4. The van der Waals surface area contributed by atoms with Crippen molar-refractivity contribution in [3.05, 3.63) is 54.1 Å². The molecular formula is C18H21NO4. The van der Waals surface area contributed by atoms with E-state index >= 15 is 0 Å². The van der Waals surface area contributed by atoms with Gasteiger partial charge in [0, 0.05) is 0 Å². The number of ether oxygens (including phenoxy) is 3. The van der Waals surface area contributed by atoms with Crippen molar-refractivity contribution in [3.8, 4) is 17.2 Å². The van der Waals surface area contributed by atoms with E-state index < -0.39 is 0 Å². The molecule has 5 heteroatoms. The normalized spacial score (nSPS) is 10.0. The lowest BCUT2D eigenvalue weighted by Gasteiger charge is -2.09. The number of hydrogen-bond acceptors (Lipinski definition) is 4. The Balaban J connectivity index is 1.61. The summed E-state index contributed by atoms with van der Waals surface area (Å²) in [5.74, 6) is 2.01. The first-order valence-corrected chi connectivity index (χ1v) is 7.40. The van der Waals surface area contributed by atoms with Crippen LogP contribution in [-0.2, 0) is 4.79 Å². The van der Waals surface area contributed by atoms with Crippen LogP contribution < -0.4 is 19.5 Å². The monoisotopic (exact) mass is 315 g/mol. The molecule has 0 atom stereocenters. The molecule has 5 nitrogen and oxygen atoms in total. The van der Waals surface area contributed by atoms with Gasteiger partial charge in [0.15, 0.2) is 6.61 Å². The van der Waals surface area contributed by atoms with Crippen LogP contribution >= 0.6 is 0 Å². The lowest BCUT2D eigenvalue weighted by atomic mass is 10.2. The van der Waals surface area contributed by atoms with Crippen LogP contribution in [0, 0.1) is 6.92 Å². The molecule has 0 aliphatic heterocycles. The summed E-state index contributed by atoms with van der Waals surface area (Å²) in [6.07, 6.45) is 0. The first-order chi connectivity index (χ1) is 11.2. The number of carbonyl (C=O) groups excluding carboxylic acids is 1. The van der Waals surface area contributed by atoms with Crippen LogP contribution in [0.1, 0.15) is 5.56 Å². The smallest absolute Gasteiger partial charge is 0.258 e. The third-order valence-electron chi connectivity index (χ3n) is 3.14. The molecule has 1 amide bonds. The SMILES string of the molecule is COc1ccc(OCCNC(=O)COc2ccc(C)cc2)cc1. The Morgan fingerprint density at radius 1 is 0.913 bits per heavy atom. The summed E-state index contributed by atoms with van der Waals surface area (Å²) in [7, 11) is 1.62. The van der Waals surface area contributed by atoms with Gasteiger partial charge in [0.25, 0.3) is 5.91 Å². The van der Waals surface area contributed by atoms with Crippen molar-refractivity contribution >= 4 is 5.91 Å². The summed E-state index contributed by atoms with van der Waals surface area (Å²) in [5, 5.41) is 2.74.